The van der Waals surface area contributed by atoms with Gasteiger partial charge < -0.3 is 0 Å². The molecule has 1 heterocycles. The number of benzene rings is 2. The predicted octanol–water partition coefficient (Wildman–Crippen LogP) is 4.71. The summed E-state index contributed by atoms with van der Waals surface area (Å²) in [7, 11) is 0. The Balaban J connectivity index is 1.87. The van der Waals surface area contributed by atoms with Gasteiger partial charge in [-0.25, -0.2) is 0 Å². The highest BCUT2D eigenvalue weighted by Gasteiger charge is 2.24. The summed E-state index contributed by atoms with van der Waals surface area (Å²) in [5.41, 5.74) is 12.3. The van der Waals surface area contributed by atoms with E-state index in [0.717, 1.165) is 35.8 Å². The normalized spacial score (nSPS) is 17.9. The second-order valence-corrected chi connectivity index (χ2v) is 5.66. The van der Waals surface area contributed by atoms with Crippen molar-refractivity contribution in [3.63, 3.8) is 0 Å². The Hall–Kier alpha value is -2.00. The van der Waals surface area contributed by atoms with Gasteiger partial charge in [0.15, 0.2) is 0 Å². The minimum Gasteiger partial charge on any atom is -0.294 e. The molecule has 0 fully saturated rings. The molecule has 0 bridgehead atoms. The second kappa shape index (κ2) is 6.19. The van der Waals surface area contributed by atoms with Crippen molar-refractivity contribution in [2.75, 3.05) is 6.54 Å². The lowest BCUT2D eigenvalue weighted by Crippen LogP contribution is -2.32. The molecule has 0 spiro atoms. The van der Waals surface area contributed by atoms with Gasteiger partial charge in [0.05, 0.1) is 6.04 Å². The van der Waals surface area contributed by atoms with Gasteiger partial charge >= 0.3 is 0 Å². The zero-order valence-electron chi connectivity index (χ0n) is 11.5. The van der Waals surface area contributed by atoms with Crippen molar-refractivity contribution in [3.8, 4) is 0 Å². The Labute approximate surface area is 128 Å². The van der Waals surface area contributed by atoms with Gasteiger partial charge in [-0.3, -0.25) is 4.90 Å². The quantitative estimate of drug-likeness (QED) is 0.460. The topological polar surface area (TPSA) is 52.0 Å². The maximum Gasteiger partial charge on any atom is 0.0755 e. The summed E-state index contributed by atoms with van der Waals surface area (Å²) in [6, 6.07) is 15.9. The largest absolute Gasteiger partial charge is 0.294 e. The van der Waals surface area contributed by atoms with Crippen molar-refractivity contribution in [2.45, 2.75) is 19.1 Å². The number of hydrogen-bond acceptors (Lipinski definition) is 2. The van der Waals surface area contributed by atoms with E-state index in [2.05, 4.69) is 27.1 Å². The van der Waals surface area contributed by atoms with Crippen LogP contribution in [0.3, 0.4) is 0 Å². The third kappa shape index (κ3) is 3.19. The van der Waals surface area contributed by atoms with Crippen molar-refractivity contribution in [1.82, 2.24) is 4.90 Å². The minimum absolute atomic E-state index is 0.153. The van der Waals surface area contributed by atoms with Crippen LogP contribution in [0, 0.1) is 0 Å². The maximum atomic E-state index is 8.79. The van der Waals surface area contributed by atoms with E-state index in [1.54, 1.807) is 0 Å². The van der Waals surface area contributed by atoms with E-state index in [1.807, 2.05) is 36.4 Å². The van der Waals surface area contributed by atoms with Gasteiger partial charge in [-0.15, -0.1) is 0 Å². The fourth-order valence-corrected chi connectivity index (χ4v) is 3.00. The molecule has 0 aliphatic carbocycles. The van der Waals surface area contributed by atoms with Crippen LogP contribution in [-0.2, 0) is 13.1 Å². The summed E-state index contributed by atoms with van der Waals surface area (Å²) in [5.74, 6) is 0. The molecule has 21 heavy (non-hydrogen) atoms. The molecular weight excluding hydrogens is 284 g/mol. The highest BCUT2D eigenvalue weighted by Crippen LogP contribution is 2.32. The number of rotatable bonds is 3. The smallest absolute Gasteiger partial charge is 0.0755 e. The number of halogens is 1. The molecule has 3 rings (SSSR count). The van der Waals surface area contributed by atoms with Crippen LogP contribution < -0.4 is 0 Å². The average molecular weight is 299 g/mol. The first-order valence-electron chi connectivity index (χ1n) is 6.85. The highest BCUT2D eigenvalue weighted by atomic mass is 35.5. The van der Waals surface area contributed by atoms with E-state index in [9.17, 15) is 0 Å². The van der Waals surface area contributed by atoms with Crippen LogP contribution in [0.2, 0.25) is 5.02 Å². The summed E-state index contributed by atoms with van der Waals surface area (Å²) in [4.78, 5) is 5.27. The van der Waals surface area contributed by atoms with E-state index in [4.69, 9.17) is 17.1 Å². The van der Waals surface area contributed by atoms with E-state index in [0.29, 0.717) is 0 Å². The summed E-state index contributed by atoms with van der Waals surface area (Å²) in [6.07, 6.45) is 0. The average Bonchev–Trinajstić information content (AvgIpc) is 2.48. The van der Waals surface area contributed by atoms with Gasteiger partial charge in [0.25, 0.3) is 0 Å². The van der Waals surface area contributed by atoms with Gasteiger partial charge in [0, 0.05) is 29.6 Å². The van der Waals surface area contributed by atoms with Crippen LogP contribution in [0.5, 0.6) is 0 Å². The van der Waals surface area contributed by atoms with E-state index in [1.165, 1.54) is 5.56 Å². The van der Waals surface area contributed by atoms with Gasteiger partial charge in [0.2, 0.25) is 0 Å². The van der Waals surface area contributed by atoms with Crippen molar-refractivity contribution < 1.29 is 0 Å². The fourth-order valence-electron chi connectivity index (χ4n) is 2.81. The lowest BCUT2D eigenvalue weighted by molar-refractivity contribution is 0.223. The fraction of sp³-hybridized carbons (Fsp3) is 0.250. The van der Waals surface area contributed by atoms with E-state index < -0.39 is 0 Å². The van der Waals surface area contributed by atoms with Crippen molar-refractivity contribution in [3.05, 3.63) is 80.7 Å². The molecule has 106 valence electrons. The number of azide groups is 1. The lowest BCUT2D eigenvalue weighted by Gasteiger charge is -2.32. The van der Waals surface area contributed by atoms with Crippen LogP contribution in [0.25, 0.3) is 10.4 Å². The van der Waals surface area contributed by atoms with Crippen molar-refractivity contribution in [1.29, 1.82) is 0 Å². The molecule has 0 saturated carbocycles. The highest BCUT2D eigenvalue weighted by molar-refractivity contribution is 6.30. The minimum atomic E-state index is -0.153. The number of nitrogens with zero attached hydrogens (tertiary/aromatic N) is 4. The molecule has 1 atom stereocenters. The Morgan fingerprint density at radius 2 is 2.05 bits per heavy atom. The molecule has 1 aliphatic heterocycles. The SMILES string of the molecule is [N-]=[N+]=NC1CN(Cc2ccccc2)Cc2cc(Cl)ccc21. The van der Waals surface area contributed by atoms with Gasteiger partial charge in [-0.1, -0.05) is 53.1 Å². The van der Waals surface area contributed by atoms with Crippen LogP contribution in [0.4, 0.5) is 0 Å². The first kappa shape index (κ1) is 14.0. The van der Waals surface area contributed by atoms with Gasteiger partial charge in [-0.05, 0) is 34.4 Å². The first-order valence-corrected chi connectivity index (χ1v) is 7.23. The Kier molecular flexibility index (Phi) is 4.11. The molecule has 4 nitrogen and oxygen atoms in total. The Morgan fingerprint density at radius 3 is 2.81 bits per heavy atom. The second-order valence-electron chi connectivity index (χ2n) is 5.22. The zero-order chi connectivity index (χ0) is 14.7. The third-order valence-corrected chi connectivity index (χ3v) is 3.96. The predicted molar refractivity (Wildman–Crippen MR) is 83.9 cm³/mol. The molecule has 5 heteroatoms. The van der Waals surface area contributed by atoms with Crippen LogP contribution in [0.15, 0.2) is 53.6 Å². The monoisotopic (exact) mass is 298 g/mol. The first-order chi connectivity index (χ1) is 10.3. The van der Waals surface area contributed by atoms with Crippen LogP contribution >= 0.6 is 11.6 Å². The van der Waals surface area contributed by atoms with E-state index >= 15 is 0 Å². The number of fused-ring (bicyclic) bond motifs is 1. The Morgan fingerprint density at radius 1 is 1.24 bits per heavy atom. The molecule has 0 N–H and O–H groups in total. The molecule has 1 unspecified atom stereocenters. The zero-order valence-corrected chi connectivity index (χ0v) is 12.2. The molecule has 0 amide bonds. The molecule has 1 aliphatic rings. The summed E-state index contributed by atoms with van der Waals surface area (Å²) >= 11 is 6.09. The molecule has 2 aromatic carbocycles. The molecule has 0 saturated heterocycles. The summed E-state index contributed by atoms with van der Waals surface area (Å²) in [6.45, 7) is 2.39. The van der Waals surface area contributed by atoms with E-state index in [-0.39, 0.29) is 6.04 Å². The Bertz CT molecular complexity index is 680. The van der Waals surface area contributed by atoms with Crippen molar-refractivity contribution in [2.24, 2.45) is 5.11 Å². The van der Waals surface area contributed by atoms with Crippen molar-refractivity contribution >= 4 is 11.6 Å². The molecular formula is C16H15ClN4. The third-order valence-electron chi connectivity index (χ3n) is 3.73. The van der Waals surface area contributed by atoms with Gasteiger partial charge in [0.1, 0.15) is 0 Å². The summed E-state index contributed by atoms with van der Waals surface area (Å²) in [5, 5.41) is 4.66. The molecule has 0 radical (unpaired) electrons. The standard InChI is InChI=1S/C16H15ClN4/c17-14-6-7-15-13(8-14)10-21(11-16(15)19-20-18)9-12-4-2-1-3-5-12/h1-8,16H,9-11H2. The summed E-state index contributed by atoms with van der Waals surface area (Å²) < 4.78 is 0. The number of hydrogen-bond donors (Lipinski definition) is 0. The van der Waals surface area contributed by atoms with Gasteiger partial charge in [-0.2, -0.15) is 0 Å². The van der Waals surface area contributed by atoms with Crippen LogP contribution in [0.1, 0.15) is 22.7 Å². The van der Waals surface area contributed by atoms with Crippen LogP contribution in [-0.4, -0.2) is 11.4 Å². The lowest BCUT2D eigenvalue weighted by atomic mass is 9.95. The maximum absolute atomic E-state index is 8.79. The molecule has 2 aromatic rings. The molecule has 0 aromatic heterocycles.